The van der Waals surface area contributed by atoms with E-state index >= 15 is 0 Å². The van der Waals surface area contributed by atoms with Crippen LogP contribution in [-0.4, -0.2) is 48.6 Å². The first-order valence-corrected chi connectivity index (χ1v) is 6.55. The van der Waals surface area contributed by atoms with Gasteiger partial charge < -0.3 is 9.84 Å². The van der Waals surface area contributed by atoms with Gasteiger partial charge in [-0.15, -0.1) is 11.8 Å². The van der Waals surface area contributed by atoms with Crippen LogP contribution in [0.1, 0.15) is 0 Å². The molecule has 0 spiro atoms. The highest BCUT2D eigenvalue weighted by atomic mass is 32.2. The highest BCUT2D eigenvalue weighted by Crippen LogP contribution is 2.21. The molecule has 3 nitrogen and oxygen atoms in total. The highest BCUT2D eigenvalue weighted by molar-refractivity contribution is 7.99. The third-order valence-electron chi connectivity index (χ3n) is 2.60. The molecule has 1 heterocycles. The van der Waals surface area contributed by atoms with E-state index in [1.165, 1.54) is 0 Å². The zero-order valence-electron chi connectivity index (χ0n) is 9.26. The van der Waals surface area contributed by atoms with Gasteiger partial charge in [0, 0.05) is 30.3 Å². The molecular weight excluding hydrogens is 222 g/mol. The normalized spacial score (nSPS) is 17.5. The molecule has 0 bridgehead atoms. The molecule has 0 unspecified atom stereocenters. The second-order valence-electron chi connectivity index (χ2n) is 3.80. The number of thioether (sulfide) groups is 1. The maximum atomic E-state index is 9.32. The number of nitrogens with zero attached hydrogens (tertiary/aromatic N) is 1. The van der Waals surface area contributed by atoms with Gasteiger partial charge in [0.2, 0.25) is 0 Å². The third-order valence-corrected chi connectivity index (χ3v) is 3.57. The molecule has 1 aromatic carbocycles. The van der Waals surface area contributed by atoms with E-state index in [4.69, 9.17) is 4.74 Å². The van der Waals surface area contributed by atoms with E-state index in [2.05, 4.69) is 4.90 Å². The molecular formula is C12H17NO2S. The van der Waals surface area contributed by atoms with E-state index in [-0.39, 0.29) is 0 Å². The molecule has 0 radical (unpaired) electrons. The van der Waals surface area contributed by atoms with Crippen molar-refractivity contribution in [1.29, 1.82) is 0 Å². The minimum Gasteiger partial charge on any atom is -0.508 e. The Morgan fingerprint density at radius 2 is 2.12 bits per heavy atom. The predicted molar refractivity (Wildman–Crippen MR) is 66.1 cm³/mol. The van der Waals surface area contributed by atoms with Crippen molar-refractivity contribution in [3.05, 3.63) is 24.3 Å². The van der Waals surface area contributed by atoms with Crippen LogP contribution in [-0.2, 0) is 4.74 Å². The molecule has 0 atom stereocenters. The van der Waals surface area contributed by atoms with E-state index in [1.807, 2.05) is 18.2 Å². The standard InChI is InChI=1S/C12H17NO2S/c14-11-2-1-3-12(10-11)16-9-6-13-4-7-15-8-5-13/h1-3,10,14H,4-9H2. The lowest BCUT2D eigenvalue weighted by Gasteiger charge is -2.26. The van der Waals surface area contributed by atoms with Crippen molar-refractivity contribution in [3.8, 4) is 5.75 Å². The van der Waals surface area contributed by atoms with E-state index in [0.717, 1.165) is 43.5 Å². The second-order valence-corrected chi connectivity index (χ2v) is 4.97. The van der Waals surface area contributed by atoms with Gasteiger partial charge >= 0.3 is 0 Å². The molecule has 1 saturated heterocycles. The molecule has 1 fully saturated rings. The number of phenols is 1. The highest BCUT2D eigenvalue weighted by Gasteiger charge is 2.09. The number of ether oxygens (including phenoxy) is 1. The van der Waals surface area contributed by atoms with Crippen molar-refractivity contribution < 1.29 is 9.84 Å². The smallest absolute Gasteiger partial charge is 0.116 e. The summed E-state index contributed by atoms with van der Waals surface area (Å²) in [5.74, 6) is 1.40. The molecule has 4 heteroatoms. The van der Waals surface area contributed by atoms with E-state index in [1.54, 1.807) is 17.8 Å². The fraction of sp³-hybridized carbons (Fsp3) is 0.500. The predicted octanol–water partition coefficient (Wildman–Crippen LogP) is 1.82. The van der Waals surface area contributed by atoms with Crippen molar-refractivity contribution in [1.82, 2.24) is 4.90 Å². The number of benzene rings is 1. The summed E-state index contributed by atoms with van der Waals surface area (Å²) in [4.78, 5) is 3.55. The Bertz CT molecular complexity index is 327. The first-order chi connectivity index (χ1) is 7.84. The summed E-state index contributed by atoms with van der Waals surface area (Å²) in [6, 6.07) is 7.42. The van der Waals surface area contributed by atoms with Crippen molar-refractivity contribution in [2.24, 2.45) is 0 Å². The van der Waals surface area contributed by atoms with Crippen LogP contribution in [0.4, 0.5) is 0 Å². The summed E-state index contributed by atoms with van der Waals surface area (Å²) >= 11 is 1.79. The average molecular weight is 239 g/mol. The molecule has 0 saturated carbocycles. The molecule has 2 rings (SSSR count). The van der Waals surface area contributed by atoms with Gasteiger partial charge in [-0.05, 0) is 18.2 Å². The van der Waals surface area contributed by atoms with Gasteiger partial charge in [0.05, 0.1) is 13.2 Å². The molecule has 1 aromatic rings. The lowest BCUT2D eigenvalue weighted by atomic mass is 10.3. The Kier molecular flexibility index (Phi) is 4.51. The van der Waals surface area contributed by atoms with Crippen LogP contribution in [0.3, 0.4) is 0 Å². The van der Waals surface area contributed by atoms with Gasteiger partial charge in [0.1, 0.15) is 5.75 Å². The maximum Gasteiger partial charge on any atom is 0.116 e. The van der Waals surface area contributed by atoms with Crippen molar-refractivity contribution in [2.75, 3.05) is 38.6 Å². The summed E-state index contributed by atoms with van der Waals surface area (Å²) < 4.78 is 5.30. The number of morpholine rings is 1. The van der Waals surface area contributed by atoms with E-state index in [9.17, 15) is 5.11 Å². The largest absolute Gasteiger partial charge is 0.508 e. The Morgan fingerprint density at radius 1 is 1.31 bits per heavy atom. The number of rotatable bonds is 4. The number of hydrogen-bond acceptors (Lipinski definition) is 4. The van der Waals surface area contributed by atoms with Gasteiger partial charge in [0.25, 0.3) is 0 Å². The fourth-order valence-corrected chi connectivity index (χ4v) is 2.65. The SMILES string of the molecule is Oc1cccc(SCCN2CCOCC2)c1. The first-order valence-electron chi connectivity index (χ1n) is 5.56. The lowest BCUT2D eigenvalue weighted by Crippen LogP contribution is -2.37. The van der Waals surface area contributed by atoms with Crippen molar-refractivity contribution >= 4 is 11.8 Å². The molecule has 0 aliphatic carbocycles. The van der Waals surface area contributed by atoms with Crippen LogP contribution in [0.25, 0.3) is 0 Å². The van der Waals surface area contributed by atoms with Crippen LogP contribution in [0.5, 0.6) is 5.75 Å². The van der Waals surface area contributed by atoms with Crippen LogP contribution >= 0.6 is 11.8 Å². The number of hydrogen-bond donors (Lipinski definition) is 1. The summed E-state index contributed by atoms with van der Waals surface area (Å²) in [7, 11) is 0. The quantitative estimate of drug-likeness (QED) is 0.812. The molecule has 1 aliphatic heterocycles. The summed E-state index contributed by atoms with van der Waals surface area (Å²) in [6.45, 7) is 4.89. The van der Waals surface area contributed by atoms with Crippen molar-refractivity contribution in [2.45, 2.75) is 4.90 Å². The zero-order valence-corrected chi connectivity index (χ0v) is 10.1. The Morgan fingerprint density at radius 3 is 2.88 bits per heavy atom. The third kappa shape index (κ3) is 3.70. The van der Waals surface area contributed by atoms with Gasteiger partial charge in [-0.25, -0.2) is 0 Å². The first kappa shape index (κ1) is 11.8. The van der Waals surface area contributed by atoms with E-state index in [0.29, 0.717) is 5.75 Å². The minimum absolute atomic E-state index is 0.344. The second kappa shape index (κ2) is 6.13. The Balaban J connectivity index is 1.71. The maximum absolute atomic E-state index is 9.32. The van der Waals surface area contributed by atoms with Crippen LogP contribution in [0.2, 0.25) is 0 Å². The molecule has 1 N–H and O–H groups in total. The lowest BCUT2D eigenvalue weighted by molar-refractivity contribution is 0.0410. The van der Waals surface area contributed by atoms with E-state index < -0.39 is 0 Å². The molecule has 0 amide bonds. The Labute approximate surface area is 100 Å². The monoisotopic (exact) mass is 239 g/mol. The van der Waals surface area contributed by atoms with Crippen molar-refractivity contribution in [3.63, 3.8) is 0 Å². The summed E-state index contributed by atoms with van der Waals surface area (Å²) in [5.41, 5.74) is 0. The van der Waals surface area contributed by atoms with Crippen LogP contribution in [0.15, 0.2) is 29.2 Å². The van der Waals surface area contributed by atoms with Crippen LogP contribution < -0.4 is 0 Å². The Hall–Kier alpha value is -0.710. The summed E-state index contributed by atoms with van der Waals surface area (Å²) in [5, 5.41) is 9.32. The summed E-state index contributed by atoms with van der Waals surface area (Å²) in [6.07, 6.45) is 0. The number of aromatic hydroxyl groups is 1. The van der Waals surface area contributed by atoms with Gasteiger partial charge in [-0.1, -0.05) is 6.07 Å². The van der Waals surface area contributed by atoms with Gasteiger partial charge in [0.15, 0.2) is 0 Å². The molecule has 0 aromatic heterocycles. The topological polar surface area (TPSA) is 32.7 Å². The van der Waals surface area contributed by atoms with Gasteiger partial charge in [-0.3, -0.25) is 4.90 Å². The number of phenolic OH excluding ortho intramolecular Hbond substituents is 1. The van der Waals surface area contributed by atoms with Gasteiger partial charge in [-0.2, -0.15) is 0 Å². The molecule has 88 valence electrons. The fourth-order valence-electron chi connectivity index (χ4n) is 1.69. The molecule has 1 aliphatic rings. The van der Waals surface area contributed by atoms with Crippen LogP contribution in [0, 0.1) is 0 Å². The molecule has 16 heavy (non-hydrogen) atoms. The minimum atomic E-state index is 0.344. The zero-order chi connectivity index (χ0) is 11.2. The average Bonchev–Trinajstić information content (AvgIpc) is 2.30.